The number of ether oxygens (including phenoxy) is 1. The van der Waals surface area contributed by atoms with E-state index in [0.29, 0.717) is 17.9 Å². The molecule has 4 heteroatoms. The number of nitrogens with two attached hydrogens (primary N) is 1. The van der Waals surface area contributed by atoms with Gasteiger partial charge in [0.2, 0.25) is 0 Å². The van der Waals surface area contributed by atoms with E-state index in [1.54, 1.807) is 0 Å². The Morgan fingerprint density at radius 1 is 1.04 bits per heavy atom. The topological polar surface area (TPSA) is 79.3 Å². The third-order valence-electron chi connectivity index (χ3n) is 9.51. The Bertz CT molecular complexity index is 567. The Morgan fingerprint density at radius 2 is 1.78 bits per heavy atom. The average molecular weight is 377 g/mol. The Kier molecular flexibility index (Phi) is 5.35. The van der Waals surface area contributed by atoms with Gasteiger partial charge >= 0.3 is 0 Å². The highest BCUT2D eigenvalue weighted by atomic mass is 16.5. The summed E-state index contributed by atoms with van der Waals surface area (Å²) in [5.41, 5.74) is 6.12. The smallest absolute Gasteiger partial charge is 0.0906 e. The Balaban J connectivity index is 1.38. The van der Waals surface area contributed by atoms with E-state index in [2.05, 4.69) is 13.8 Å². The van der Waals surface area contributed by atoms with E-state index in [9.17, 15) is 5.11 Å². The maximum absolute atomic E-state index is 10.6. The molecule has 0 aromatic carbocycles. The second kappa shape index (κ2) is 7.33. The highest BCUT2D eigenvalue weighted by molar-refractivity contribution is 5.76. The van der Waals surface area contributed by atoms with Crippen molar-refractivity contribution in [1.82, 2.24) is 0 Å². The first-order valence-corrected chi connectivity index (χ1v) is 11.5. The largest absolute Gasteiger partial charge is 0.393 e. The predicted molar refractivity (Wildman–Crippen MR) is 109 cm³/mol. The van der Waals surface area contributed by atoms with Gasteiger partial charge in [0.15, 0.2) is 0 Å². The van der Waals surface area contributed by atoms with Crippen LogP contribution in [0.15, 0.2) is 0 Å². The van der Waals surface area contributed by atoms with Crippen LogP contribution in [0.25, 0.3) is 0 Å². The van der Waals surface area contributed by atoms with Gasteiger partial charge < -0.3 is 15.6 Å². The highest BCUT2D eigenvalue weighted by Crippen LogP contribution is 2.66. The number of nitrogens with one attached hydrogen (secondary N) is 1. The summed E-state index contributed by atoms with van der Waals surface area (Å²) in [4.78, 5) is 0. The lowest BCUT2D eigenvalue weighted by Gasteiger charge is -2.60. The van der Waals surface area contributed by atoms with Crippen LogP contribution in [0.4, 0.5) is 0 Å². The van der Waals surface area contributed by atoms with Crippen molar-refractivity contribution in [2.45, 2.75) is 96.7 Å². The maximum Gasteiger partial charge on any atom is 0.0906 e. The van der Waals surface area contributed by atoms with Crippen molar-refractivity contribution in [2.75, 3.05) is 6.61 Å². The summed E-state index contributed by atoms with van der Waals surface area (Å²) in [7, 11) is 0. The van der Waals surface area contributed by atoms with Gasteiger partial charge in [0.05, 0.1) is 18.0 Å². The monoisotopic (exact) mass is 376 g/mol. The van der Waals surface area contributed by atoms with Crippen molar-refractivity contribution >= 4 is 5.84 Å². The minimum Gasteiger partial charge on any atom is -0.393 e. The number of amidine groups is 1. The maximum atomic E-state index is 10.6. The fourth-order valence-electron chi connectivity index (χ4n) is 7.86. The predicted octanol–water partition coefficient (Wildman–Crippen LogP) is 4.49. The first-order chi connectivity index (χ1) is 12.8. The second-order valence-corrected chi connectivity index (χ2v) is 10.7. The molecule has 0 bridgehead atoms. The lowest BCUT2D eigenvalue weighted by molar-refractivity contribution is -0.140. The summed E-state index contributed by atoms with van der Waals surface area (Å²) in [6, 6.07) is 0. The third kappa shape index (κ3) is 3.35. The molecule has 4 saturated carbocycles. The van der Waals surface area contributed by atoms with Gasteiger partial charge in [0.25, 0.3) is 0 Å². The van der Waals surface area contributed by atoms with Gasteiger partial charge in [-0.25, -0.2) is 0 Å². The van der Waals surface area contributed by atoms with Crippen LogP contribution in [0.1, 0.15) is 84.5 Å². The van der Waals surface area contributed by atoms with Crippen LogP contribution in [0.5, 0.6) is 0 Å². The van der Waals surface area contributed by atoms with E-state index < -0.39 is 0 Å². The Morgan fingerprint density at radius 3 is 2.56 bits per heavy atom. The molecule has 0 aliphatic heterocycles. The number of aliphatic hydroxyl groups is 1. The molecule has 0 spiro atoms. The SMILES string of the molecule is C[C@]12CC[C@H](OCCCC(=N)N)CC1CCC1C2CC[C@@]2(C)C1CC[C@@H]2O. The normalized spacial score (nSPS) is 49.1. The molecular formula is C23H40N2O2. The molecule has 27 heavy (non-hydrogen) atoms. The molecule has 4 fully saturated rings. The van der Waals surface area contributed by atoms with E-state index in [4.69, 9.17) is 15.9 Å². The van der Waals surface area contributed by atoms with Gasteiger partial charge in [-0.05, 0) is 98.7 Å². The number of hydrogen-bond donors (Lipinski definition) is 3. The van der Waals surface area contributed by atoms with E-state index in [1.165, 1.54) is 51.4 Å². The lowest BCUT2D eigenvalue weighted by Crippen LogP contribution is -2.54. The average Bonchev–Trinajstić information content (AvgIpc) is 2.94. The van der Waals surface area contributed by atoms with Gasteiger partial charge in [-0.3, -0.25) is 5.41 Å². The first kappa shape index (κ1) is 19.7. The molecule has 4 nitrogen and oxygen atoms in total. The van der Waals surface area contributed by atoms with E-state index in [0.717, 1.165) is 43.1 Å². The molecule has 4 rings (SSSR count). The van der Waals surface area contributed by atoms with Crippen LogP contribution in [-0.4, -0.2) is 29.8 Å². The van der Waals surface area contributed by atoms with Crippen LogP contribution < -0.4 is 5.73 Å². The minimum absolute atomic E-state index is 0.0619. The summed E-state index contributed by atoms with van der Waals surface area (Å²) in [5, 5.41) is 17.9. The number of rotatable bonds is 5. The van der Waals surface area contributed by atoms with Crippen LogP contribution in [0.3, 0.4) is 0 Å². The van der Waals surface area contributed by atoms with Crippen LogP contribution >= 0.6 is 0 Å². The summed E-state index contributed by atoms with van der Waals surface area (Å²) >= 11 is 0. The number of aliphatic hydroxyl groups excluding tert-OH is 1. The van der Waals surface area contributed by atoms with E-state index in [1.807, 2.05) is 0 Å². The summed E-state index contributed by atoms with van der Waals surface area (Å²) in [6.45, 7) is 5.72. The van der Waals surface area contributed by atoms with Crippen molar-refractivity contribution in [3.05, 3.63) is 0 Å². The number of hydrogen-bond acceptors (Lipinski definition) is 3. The molecule has 4 unspecified atom stereocenters. The zero-order chi connectivity index (χ0) is 19.2. The molecule has 0 aromatic rings. The van der Waals surface area contributed by atoms with Gasteiger partial charge in [-0.2, -0.15) is 0 Å². The molecule has 4 N–H and O–H groups in total. The van der Waals surface area contributed by atoms with Crippen LogP contribution in [0, 0.1) is 39.9 Å². The minimum atomic E-state index is -0.0619. The molecule has 0 amide bonds. The molecule has 154 valence electrons. The lowest BCUT2D eigenvalue weighted by atomic mass is 9.45. The zero-order valence-corrected chi connectivity index (χ0v) is 17.4. The van der Waals surface area contributed by atoms with E-state index >= 15 is 0 Å². The molecule has 8 atom stereocenters. The highest BCUT2D eigenvalue weighted by Gasteiger charge is 2.60. The quantitative estimate of drug-likeness (QED) is 0.376. The molecule has 4 aliphatic carbocycles. The summed E-state index contributed by atoms with van der Waals surface area (Å²) < 4.78 is 6.18. The zero-order valence-electron chi connectivity index (χ0n) is 17.4. The molecule has 0 saturated heterocycles. The van der Waals surface area contributed by atoms with Crippen molar-refractivity contribution < 1.29 is 9.84 Å². The summed E-state index contributed by atoms with van der Waals surface area (Å²) in [5.74, 6) is 3.54. The van der Waals surface area contributed by atoms with Gasteiger partial charge in [-0.1, -0.05) is 13.8 Å². The third-order valence-corrected chi connectivity index (χ3v) is 9.51. The molecule has 4 aliphatic rings. The number of fused-ring (bicyclic) bond motifs is 5. The second-order valence-electron chi connectivity index (χ2n) is 10.7. The standard InChI is InChI=1S/C23H40N2O2/c1-22-11-9-16(27-13-3-4-21(24)25)14-15(22)5-6-17-18-7-8-20(26)23(18,2)12-10-19(17)22/h15-20,26H,3-14H2,1-2H3,(H3,24,25)/t15?,16-,17?,18?,19?,20-,22-,23-/m0/s1. The van der Waals surface area contributed by atoms with Crippen molar-refractivity contribution in [2.24, 2.45) is 40.2 Å². The molecule has 0 radical (unpaired) electrons. The first-order valence-electron chi connectivity index (χ1n) is 11.5. The van der Waals surface area contributed by atoms with Crippen molar-refractivity contribution in [3.63, 3.8) is 0 Å². The Hall–Kier alpha value is -0.610. The van der Waals surface area contributed by atoms with E-state index in [-0.39, 0.29) is 17.4 Å². The fourth-order valence-corrected chi connectivity index (χ4v) is 7.86. The fraction of sp³-hybridized carbons (Fsp3) is 0.957. The summed E-state index contributed by atoms with van der Waals surface area (Å²) in [6.07, 6.45) is 13.2. The van der Waals surface area contributed by atoms with Crippen molar-refractivity contribution in [3.8, 4) is 0 Å². The Labute approximate surface area is 165 Å². The van der Waals surface area contributed by atoms with Gasteiger partial charge in [0.1, 0.15) is 0 Å². The van der Waals surface area contributed by atoms with Gasteiger partial charge in [0, 0.05) is 13.0 Å². The van der Waals surface area contributed by atoms with Gasteiger partial charge in [-0.15, -0.1) is 0 Å². The molecule has 0 aromatic heterocycles. The van der Waals surface area contributed by atoms with Crippen LogP contribution in [0.2, 0.25) is 0 Å². The van der Waals surface area contributed by atoms with Crippen molar-refractivity contribution in [1.29, 1.82) is 5.41 Å². The molecule has 0 heterocycles. The molecular weight excluding hydrogens is 336 g/mol. The van der Waals surface area contributed by atoms with Crippen LogP contribution in [-0.2, 0) is 4.74 Å².